The van der Waals surface area contributed by atoms with Gasteiger partial charge in [0.25, 0.3) is 0 Å². The van der Waals surface area contributed by atoms with Crippen LogP contribution in [-0.4, -0.2) is 25.0 Å². The maximum absolute atomic E-state index is 13.2. The van der Waals surface area contributed by atoms with Crippen molar-refractivity contribution in [3.05, 3.63) is 114 Å². The molecule has 7 heteroatoms. The molecule has 4 aromatic rings. The Labute approximate surface area is 209 Å². The van der Waals surface area contributed by atoms with Gasteiger partial charge in [-0.3, -0.25) is 4.79 Å². The van der Waals surface area contributed by atoms with Gasteiger partial charge in [-0.15, -0.1) is 0 Å². The van der Waals surface area contributed by atoms with E-state index in [0.717, 1.165) is 27.8 Å². The lowest BCUT2D eigenvalue weighted by Crippen LogP contribution is -2.44. The van der Waals surface area contributed by atoms with Crippen molar-refractivity contribution in [3.63, 3.8) is 0 Å². The molecule has 0 aromatic heterocycles. The number of carbonyl (C=O) groups is 1. The second-order valence-electron chi connectivity index (χ2n) is 8.66. The highest BCUT2D eigenvalue weighted by atomic mass is 35.5. The third-order valence-electron chi connectivity index (χ3n) is 6.40. The Morgan fingerprint density at radius 1 is 0.800 bits per heavy atom. The molecular weight excluding hydrogens is 482 g/mol. The molecule has 2 unspecified atom stereocenters. The Morgan fingerprint density at radius 3 is 2.00 bits per heavy atom. The standard InChI is InChI=1S/C28H22ClNO4S/c29-24-13-9-20(10-14-24)21-11-15-25(16-12-21)35(33,34)30-28(27(31)32)18-26(28)23-8-4-7-22(17-23)19-5-2-1-3-6-19/h1-17,26,30H,18H2,(H,31,32). The van der Waals surface area contributed by atoms with Crippen LogP contribution < -0.4 is 4.72 Å². The van der Waals surface area contributed by atoms with Crippen LogP contribution in [0.3, 0.4) is 0 Å². The molecule has 35 heavy (non-hydrogen) atoms. The van der Waals surface area contributed by atoms with Crippen LogP contribution in [0.15, 0.2) is 108 Å². The van der Waals surface area contributed by atoms with Gasteiger partial charge < -0.3 is 5.11 Å². The van der Waals surface area contributed by atoms with Gasteiger partial charge in [0.2, 0.25) is 10.0 Å². The first-order valence-electron chi connectivity index (χ1n) is 11.1. The third kappa shape index (κ3) is 4.60. The molecule has 1 aliphatic carbocycles. The normalized spacial score (nSPS) is 19.3. The van der Waals surface area contributed by atoms with E-state index < -0.39 is 27.4 Å². The average molecular weight is 504 g/mol. The Hall–Kier alpha value is -3.45. The molecule has 2 N–H and O–H groups in total. The monoisotopic (exact) mass is 503 g/mol. The number of hydrogen-bond donors (Lipinski definition) is 2. The van der Waals surface area contributed by atoms with Crippen molar-refractivity contribution in [1.82, 2.24) is 4.72 Å². The molecule has 0 spiro atoms. The van der Waals surface area contributed by atoms with E-state index in [-0.39, 0.29) is 11.3 Å². The lowest BCUT2D eigenvalue weighted by atomic mass is 9.99. The molecule has 1 aliphatic rings. The molecule has 0 aliphatic heterocycles. The fourth-order valence-electron chi connectivity index (χ4n) is 4.39. The summed E-state index contributed by atoms with van der Waals surface area (Å²) in [5, 5.41) is 10.6. The number of halogens is 1. The highest BCUT2D eigenvalue weighted by molar-refractivity contribution is 7.89. The second-order valence-corrected chi connectivity index (χ2v) is 10.8. The van der Waals surface area contributed by atoms with Gasteiger partial charge in [0.15, 0.2) is 0 Å². The summed E-state index contributed by atoms with van der Waals surface area (Å²) in [5.41, 5.74) is 2.90. The first kappa shape index (κ1) is 23.3. The van der Waals surface area contributed by atoms with Gasteiger partial charge in [0.05, 0.1) is 4.90 Å². The number of rotatable bonds is 7. The van der Waals surface area contributed by atoms with Gasteiger partial charge in [0.1, 0.15) is 5.54 Å². The van der Waals surface area contributed by atoms with E-state index in [0.29, 0.717) is 5.02 Å². The van der Waals surface area contributed by atoms with E-state index in [1.165, 1.54) is 12.1 Å². The quantitative estimate of drug-likeness (QED) is 0.326. The van der Waals surface area contributed by atoms with Gasteiger partial charge in [0, 0.05) is 10.9 Å². The maximum Gasteiger partial charge on any atom is 0.325 e. The molecule has 0 bridgehead atoms. The van der Waals surface area contributed by atoms with Crippen molar-refractivity contribution < 1.29 is 18.3 Å². The summed E-state index contributed by atoms with van der Waals surface area (Å²) >= 11 is 5.94. The average Bonchev–Trinajstić information content (AvgIpc) is 3.60. The summed E-state index contributed by atoms with van der Waals surface area (Å²) in [6, 6.07) is 30.9. The first-order valence-corrected chi connectivity index (χ1v) is 12.9. The van der Waals surface area contributed by atoms with Crippen LogP contribution in [0.5, 0.6) is 0 Å². The molecule has 2 atom stereocenters. The van der Waals surface area contributed by atoms with Gasteiger partial charge in [-0.2, -0.15) is 4.72 Å². The number of nitrogens with one attached hydrogen (secondary N) is 1. The highest BCUT2D eigenvalue weighted by Crippen LogP contribution is 2.53. The lowest BCUT2D eigenvalue weighted by molar-refractivity contribution is -0.140. The number of sulfonamides is 1. The van der Waals surface area contributed by atoms with E-state index in [1.54, 1.807) is 24.3 Å². The van der Waals surface area contributed by atoms with Crippen LogP contribution in [-0.2, 0) is 14.8 Å². The van der Waals surface area contributed by atoms with Crippen LogP contribution in [0.1, 0.15) is 17.9 Å². The minimum absolute atomic E-state index is 0.0134. The number of hydrogen-bond acceptors (Lipinski definition) is 3. The summed E-state index contributed by atoms with van der Waals surface area (Å²) in [6.07, 6.45) is 0.183. The van der Waals surface area contributed by atoms with Crippen molar-refractivity contribution in [3.8, 4) is 22.3 Å². The molecule has 1 fully saturated rings. The zero-order valence-electron chi connectivity index (χ0n) is 18.6. The van der Waals surface area contributed by atoms with Crippen molar-refractivity contribution in [2.24, 2.45) is 0 Å². The predicted octanol–water partition coefficient (Wildman–Crippen LogP) is 5.96. The van der Waals surface area contributed by atoms with E-state index >= 15 is 0 Å². The van der Waals surface area contributed by atoms with Crippen molar-refractivity contribution in [2.45, 2.75) is 22.8 Å². The topological polar surface area (TPSA) is 83.5 Å². The first-order chi connectivity index (χ1) is 16.8. The zero-order valence-corrected chi connectivity index (χ0v) is 20.1. The van der Waals surface area contributed by atoms with Crippen molar-refractivity contribution in [2.75, 3.05) is 0 Å². The predicted molar refractivity (Wildman–Crippen MR) is 137 cm³/mol. The van der Waals surface area contributed by atoms with Crippen molar-refractivity contribution >= 4 is 27.6 Å². The minimum atomic E-state index is -4.06. The third-order valence-corrected chi connectivity index (χ3v) is 8.17. The van der Waals surface area contributed by atoms with Gasteiger partial charge in [-0.1, -0.05) is 90.5 Å². The fraction of sp³-hybridized carbons (Fsp3) is 0.107. The molecule has 5 nitrogen and oxygen atoms in total. The number of aliphatic carboxylic acids is 1. The Bertz CT molecular complexity index is 1490. The van der Waals surface area contributed by atoms with Crippen LogP contribution >= 0.6 is 11.6 Å². The molecule has 0 amide bonds. The van der Waals surface area contributed by atoms with E-state index in [1.807, 2.05) is 66.7 Å². The molecule has 0 heterocycles. The fourth-order valence-corrected chi connectivity index (χ4v) is 5.92. The van der Waals surface area contributed by atoms with Gasteiger partial charge >= 0.3 is 5.97 Å². The number of benzene rings is 4. The SMILES string of the molecule is O=C(O)C1(NS(=O)(=O)c2ccc(-c3ccc(Cl)cc3)cc2)CC1c1cccc(-c2ccccc2)c1. The molecule has 4 aromatic carbocycles. The van der Waals surface area contributed by atoms with Gasteiger partial charge in [-0.05, 0) is 58.5 Å². The summed E-state index contributed by atoms with van der Waals surface area (Å²) in [5.74, 6) is -1.65. The largest absolute Gasteiger partial charge is 0.480 e. The number of carboxylic acids is 1. The van der Waals surface area contributed by atoms with Crippen LogP contribution in [0, 0.1) is 0 Å². The molecule has 0 radical (unpaired) electrons. The van der Waals surface area contributed by atoms with Crippen LogP contribution in [0.25, 0.3) is 22.3 Å². The number of carboxylic acid groups (broad SMARTS) is 1. The Kier molecular flexibility index (Phi) is 5.97. The highest BCUT2D eigenvalue weighted by Gasteiger charge is 2.63. The summed E-state index contributed by atoms with van der Waals surface area (Å²) in [4.78, 5) is 12.3. The Balaban J connectivity index is 1.39. The lowest BCUT2D eigenvalue weighted by Gasteiger charge is -2.16. The molecule has 176 valence electrons. The zero-order chi connectivity index (χ0) is 24.6. The second kappa shape index (κ2) is 8.96. The molecule has 5 rings (SSSR count). The van der Waals surface area contributed by atoms with E-state index in [9.17, 15) is 18.3 Å². The van der Waals surface area contributed by atoms with E-state index in [4.69, 9.17) is 11.6 Å². The minimum Gasteiger partial charge on any atom is -0.480 e. The molecule has 0 saturated heterocycles. The molecular formula is C28H22ClNO4S. The summed E-state index contributed by atoms with van der Waals surface area (Å²) in [6.45, 7) is 0. The Morgan fingerprint density at radius 2 is 1.37 bits per heavy atom. The maximum atomic E-state index is 13.2. The van der Waals surface area contributed by atoms with Crippen LogP contribution in [0.4, 0.5) is 0 Å². The van der Waals surface area contributed by atoms with Gasteiger partial charge in [-0.25, -0.2) is 8.42 Å². The summed E-state index contributed by atoms with van der Waals surface area (Å²) in [7, 11) is -4.06. The van der Waals surface area contributed by atoms with Crippen LogP contribution in [0.2, 0.25) is 5.02 Å². The van der Waals surface area contributed by atoms with E-state index in [2.05, 4.69) is 4.72 Å². The molecule has 1 saturated carbocycles. The smallest absolute Gasteiger partial charge is 0.325 e. The van der Waals surface area contributed by atoms with Crippen molar-refractivity contribution in [1.29, 1.82) is 0 Å². The summed E-state index contributed by atoms with van der Waals surface area (Å²) < 4.78 is 28.8.